The van der Waals surface area contributed by atoms with Gasteiger partial charge in [-0.1, -0.05) is 0 Å². The van der Waals surface area contributed by atoms with Crippen molar-refractivity contribution in [1.29, 1.82) is 0 Å². The largest absolute Gasteiger partial charge is 0.370 e. The molecule has 1 unspecified atom stereocenters. The number of hydrogen-bond acceptors (Lipinski definition) is 5. The van der Waals surface area contributed by atoms with Crippen LogP contribution in [0.15, 0.2) is 18.5 Å². The van der Waals surface area contributed by atoms with Gasteiger partial charge in [0.15, 0.2) is 5.82 Å². The van der Waals surface area contributed by atoms with Gasteiger partial charge in [0, 0.05) is 19.2 Å². The molecule has 0 saturated carbocycles. The van der Waals surface area contributed by atoms with Crippen LogP contribution in [-0.2, 0) is 7.05 Å². The summed E-state index contributed by atoms with van der Waals surface area (Å²) in [6.45, 7) is 1.65. The summed E-state index contributed by atoms with van der Waals surface area (Å²) in [4.78, 5) is 9.96. The van der Waals surface area contributed by atoms with Gasteiger partial charge in [0.05, 0.1) is 11.0 Å². The van der Waals surface area contributed by atoms with Crippen molar-refractivity contribution in [1.82, 2.24) is 14.8 Å². The van der Waals surface area contributed by atoms with Crippen LogP contribution in [0.2, 0.25) is 0 Å². The molecule has 0 bridgehead atoms. The fraction of sp³-hybridized carbons (Fsp3) is 0.273. The maximum absolute atomic E-state index is 13.5. The van der Waals surface area contributed by atoms with Crippen LogP contribution in [0.25, 0.3) is 0 Å². The van der Waals surface area contributed by atoms with Crippen molar-refractivity contribution in [3.8, 4) is 0 Å². The summed E-state index contributed by atoms with van der Waals surface area (Å²) in [5.74, 6) is -1.66. The first-order chi connectivity index (χ1) is 9.40. The minimum absolute atomic E-state index is 0.247. The topological polar surface area (TPSA) is 85.9 Å². The maximum atomic E-state index is 13.5. The molecule has 2 aromatic rings. The average molecular weight is 283 g/mol. The van der Waals surface area contributed by atoms with E-state index < -0.39 is 28.3 Å². The molecule has 1 N–H and O–H groups in total. The first-order valence-corrected chi connectivity index (χ1v) is 5.64. The lowest BCUT2D eigenvalue weighted by molar-refractivity contribution is -0.386. The summed E-state index contributed by atoms with van der Waals surface area (Å²) >= 11 is 0. The van der Waals surface area contributed by atoms with Crippen LogP contribution >= 0.6 is 0 Å². The smallest absolute Gasteiger partial charge is 0.327 e. The summed E-state index contributed by atoms with van der Waals surface area (Å²) in [6.07, 6.45) is 1.45. The van der Waals surface area contributed by atoms with E-state index in [9.17, 15) is 18.9 Å². The standard InChI is InChI=1S/C11H11F2N5O2/c1-6(11-16-14-5-17(11)2)15-9-4-7(12)3-8(13)10(9)18(19)20/h3-6,15H,1-2H3. The minimum atomic E-state index is -1.23. The van der Waals surface area contributed by atoms with E-state index in [4.69, 9.17) is 0 Å². The Morgan fingerprint density at radius 2 is 2.15 bits per heavy atom. The number of benzene rings is 1. The number of anilines is 1. The van der Waals surface area contributed by atoms with Gasteiger partial charge < -0.3 is 9.88 Å². The van der Waals surface area contributed by atoms with E-state index in [-0.39, 0.29) is 5.69 Å². The lowest BCUT2D eigenvalue weighted by Crippen LogP contribution is -2.13. The Hall–Kier alpha value is -2.58. The zero-order valence-corrected chi connectivity index (χ0v) is 10.7. The summed E-state index contributed by atoms with van der Waals surface area (Å²) in [5.41, 5.74) is -1.05. The normalized spacial score (nSPS) is 12.2. The molecule has 1 atom stereocenters. The van der Waals surface area contributed by atoms with E-state index >= 15 is 0 Å². The predicted octanol–water partition coefficient (Wildman–Crippen LogP) is 2.17. The zero-order chi connectivity index (χ0) is 14.9. The molecule has 2 rings (SSSR count). The van der Waals surface area contributed by atoms with E-state index in [0.717, 1.165) is 6.07 Å². The summed E-state index contributed by atoms with van der Waals surface area (Å²) < 4.78 is 28.3. The van der Waals surface area contributed by atoms with Gasteiger partial charge in [0.1, 0.15) is 17.8 Å². The van der Waals surface area contributed by atoms with Gasteiger partial charge in [-0.25, -0.2) is 4.39 Å². The third kappa shape index (κ3) is 2.56. The Morgan fingerprint density at radius 1 is 1.45 bits per heavy atom. The highest BCUT2D eigenvalue weighted by molar-refractivity contribution is 5.62. The molecular weight excluding hydrogens is 272 g/mol. The Morgan fingerprint density at radius 3 is 2.70 bits per heavy atom. The van der Waals surface area contributed by atoms with Gasteiger partial charge in [0.25, 0.3) is 0 Å². The van der Waals surface area contributed by atoms with Gasteiger partial charge in [-0.3, -0.25) is 10.1 Å². The lowest BCUT2D eigenvalue weighted by atomic mass is 10.2. The van der Waals surface area contributed by atoms with Crippen molar-refractivity contribution < 1.29 is 13.7 Å². The van der Waals surface area contributed by atoms with Crippen LogP contribution in [0.4, 0.5) is 20.2 Å². The average Bonchev–Trinajstić information content (AvgIpc) is 2.73. The van der Waals surface area contributed by atoms with Crippen molar-refractivity contribution in [3.05, 3.63) is 46.0 Å². The van der Waals surface area contributed by atoms with Gasteiger partial charge in [-0.15, -0.1) is 10.2 Å². The van der Waals surface area contributed by atoms with E-state index in [1.165, 1.54) is 6.33 Å². The molecule has 0 radical (unpaired) electrons. The number of aromatic nitrogens is 3. The molecule has 0 aliphatic rings. The van der Waals surface area contributed by atoms with Crippen molar-refractivity contribution in [3.63, 3.8) is 0 Å². The number of rotatable bonds is 4. The van der Waals surface area contributed by atoms with E-state index in [1.807, 2.05) is 0 Å². The number of halogens is 2. The highest BCUT2D eigenvalue weighted by Crippen LogP contribution is 2.31. The number of nitrogens with zero attached hydrogens (tertiary/aromatic N) is 4. The van der Waals surface area contributed by atoms with Crippen molar-refractivity contribution in [2.45, 2.75) is 13.0 Å². The molecule has 0 fully saturated rings. The molecule has 0 spiro atoms. The second kappa shape index (κ2) is 5.19. The number of nitro groups is 1. The molecular formula is C11H11F2N5O2. The van der Waals surface area contributed by atoms with Gasteiger partial charge in [-0.05, 0) is 6.92 Å². The van der Waals surface area contributed by atoms with Gasteiger partial charge >= 0.3 is 5.69 Å². The third-order valence-corrected chi connectivity index (χ3v) is 2.72. The quantitative estimate of drug-likeness (QED) is 0.686. The molecule has 9 heteroatoms. The zero-order valence-electron chi connectivity index (χ0n) is 10.7. The molecule has 0 saturated heterocycles. The van der Waals surface area contributed by atoms with Crippen molar-refractivity contribution >= 4 is 11.4 Å². The summed E-state index contributed by atoms with van der Waals surface area (Å²) in [7, 11) is 1.69. The minimum Gasteiger partial charge on any atom is -0.370 e. The first-order valence-electron chi connectivity index (χ1n) is 5.64. The molecule has 1 aromatic carbocycles. The second-order valence-electron chi connectivity index (χ2n) is 4.21. The van der Waals surface area contributed by atoms with Crippen LogP contribution in [0.1, 0.15) is 18.8 Å². The molecule has 0 aliphatic heterocycles. The van der Waals surface area contributed by atoms with E-state index in [1.54, 1.807) is 18.5 Å². The Labute approximate surface area is 112 Å². The number of aryl methyl sites for hydroxylation is 1. The summed E-state index contributed by atoms with van der Waals surface area (Å²) in [6, 6.07) is 0.826. The van der Waals surface area contributed by atoms with Gasteiger partial charge in [0.2, 0.25) is 5.82 Å². The Bertz CT molecular complexity index is 658. The first kappa shape index (κ1) is 13.8. The highest BCUT2D eigenvalue weighted by Gasteiger charge is 2.24. The number of hydrogen-bond donors (Lipinski definition) is 1. The molecule has 1 aromatic heterocycles. The Balaban J connectivity index is 2.38. The third-order valence-electron chi connectivity index (χ3n) is 2.72. The fourth-order valence-corrected chi connectivity index (χ4v) is 1.84. The van der Waals surface area contributed by atoms with Crippen LogP contribution in [0.3, 0.4) is 0 Å². The molecule has 7 nitrogen and oxygen atoms in total. The predicted molar refractivity (Wildman–Crippen MR) is 66.1 cm³/mol. The number of nitrogens with one attached hydrogen (secondary N) is 1. The fourth-order valence-electron chi connectivity index (χ4n) is 1.84. The summed E-state index contributed by atoms with van der Waals surface area (Å²) in [5, 5.41) is 21.0. The molecule has 20 heavy (non-hydrogen) atoms. The molecule has 0 aliphatic carbocycles. The van der Waals surface area contributed by atoms with Crippen molar-refractivity contribution in [2.24, 2.45) is 7.05 Å². The second-order valence-corrected chi connectivity index (χ2v) is 4.21. The van der Waals surface area contributed by atoms with Crippen molar-refractivity contribution in [2.75, 3.05) is 5.32 Å². The molecule has 106 valence electrons. The van der Waals surface area contributed by atoms with E-state index in [2.05, 4.69) is 15.5 Å². The van der Waals surface area contributed by atoms with Gasteiger partial charge in [-0.2, -0.15) is 4.39 Å². The molecule has 1 heterocycles. The van der Waals surface area contributed by atoms with Crippen LogP contribution < -0.4 is 5.32 Å². The Kier molecular flexibility index (Phi) is 3.59. The van der Waals surface area contributed by atoms with Crippen LogP contribution in [0.5, 0.6) is 0 Å². The van der Waals surface area contributed by atoms with E-state index in [0.29, 0.717) is 11.9 Å². The SMILES string of the molecule is CC(Nc1cc(F)cc(F)c1[N+](=O)[O-])c1nncn1C. The maximum Gasteiger partial charge on any atom is 0.327 e. The van der Waals surface area contributed by atoms with Crippen LogP contribution in [0, 0.1) is 21.7 Å². The molecule has 0 amide bonds. The lowest BCUT2D eigenvalue weighted by Gasteiger charge is -2.14. The van der Waals surface area contributed by atoms with Crippen LogP contribution in [-0.4, -0.2) is 19.7 Å². The highest BCUT2D eigenvalue weighted by atomic mass is 19.1. The number of nitro benzene ring substituents is 1. The monoisotopic (exact) mass is 283 g/mol.